The summed E-state index contributed by atoms with van der Waals surface area (Å²) in [5.74, 6) is 1.03. The lowest BCUT2D eigenvalue weighted by atomic mass is 10.1. The van der Waals surface area contributed by atoms with E-state index in [0.29, 0.717) is 31.2 Å². The van der Waals surface area contributed by atoms with Gasteiger partial charge in [0.1, 0.15) is 0 Å². The van der Waals surface area contributed by atoms with Gasteiger partial charge < -0.3 is 9.73 Å². The monoisotopic (exact) mass is 259 g/mol. The van der Waals surface area contributed by atoms with Crippen LogP contribution in [0, 0.1) is 0 Å². The van der Waals surface area contributed by atoms with Gasteiger partial charge in [0.25, 0.3) is 0 Å². The smallest absolute Gasteiger partial charge is 0.235 e. The Labute approximate surface area is 112 Å². The highest BCUT2D eigenvalue weighted by atomic mass is 16.4. The highest BCUT2D eigenvalue weighted by Crippen LogP contribution is 2.03. The van der Waals surface area contributed by atoms with Crippen LogP contribution in [0.2, 0.25) is 0 Å². The lowest BCUT2D eigenvalue weighted by Crippen LogP contribution is -2.23. The molecule has 1 amide bonds. The number of carbonyl (C=O) groups excluding carboxylic acids is 1. The zero-order chi connectivity index (χ0) is 13.5. The molecule has 0 aliphatic carbocycles. The molecule has 19 heavy (non-hydrogen) atoms. The lowest BCUT2D eigenvalue weighted by molar-refractivity contribution is -0.121. The van der Waals surface area contributed by atoms with Gasteiger partial charge in [-0.1, -0.05) is 37.3 Å². The van der Waals surface area contributed by atoms with Gasteiger partial charge in [0, 0.05) is 12.8 Å². The maximum Gasteiger partial charge on any atom is 0.235 e. The summed E-state index contributed by atoms with van der Waals surface area (Å²) in [6.45, 7) is 2.23. The highest BCUT2D eigenvalue weighted by molar-refractivity contribution is 5.76. The van der Waals surface area contributed by atoms with Crippen molar-refractivity contribution >= 4 is 5.91 Å². The van der Waals surface area contributed by atoms with Crippen LogP contribution in [0.15, 0.2) is 34.7 Å². The second-order valence-electron chi connectivity index (χ2n) is 4.21. The highest BCUT2D eigenvalue weighted by Gasteiger charge is 2.06. The number of amides is 1. The number of nitrogens with one attached hydrogen (secondary N) is 1. The molecule has 0 atom stereocenters. The van der Waals surface area contributed by atoms with Crippen LogP contribution in [0.4, 0.5) is 0 Å². The second kappa shape index (κ2) is 6.68. The van der Waals surface area contributed by atoms with Crippen molar-refractivity contribution in [1.29, 1.82) is 0 Å². The van der Waals surface area contributed by atoms with E-state index in [0.717, 1.165) is 12.0 Å². The van der Waals surface area contributed by atoms with E-state index < -0.39 is 0 Å². The number of rotatable bonds is 6. The third kappa shape index (κ3) is 4.21. The molecule has 5 nitrogen and oxygen atoms in total. The fourth-order valence-corrected chi connectivity index (χ4v) is 1.67. The molecule has 0 unspecified atom stereocenters. The summed E-state index contributed by atoms with van der Waals surface area (Å²) in [5.41, 5.74) is 1.16. The first-order valence-electron chi connectivity index (χ1n) is 6.40. The van der Waals surface area contributed by atoms with E-state index in [2.05, 4.69) is 15.5 Å². The summed E-state index contributed by atoms with van der Waals surface area (Å²) < 4.78 is 5.31. The van der Waals surface area contributed by atoms with Crippen molar-refractivity contribution in [3.05, 3.63) is 47.7 Å². The third-order valence-corrected chi connectivity index (χ3v) is 2.73. The zero-order valence-corrected chi connectivity index (χ0v) is 10.9. The fourth-order valence-electron chi connectivity index (χ4n) is 1.67. The minimum absolute atomic E-state index is 0.0138. The molecule has 1 aromatic heterocycles. The molecule has 1 heterocycles. The second-order valence-corrected chi connectivity index (χ2v) is 4.21. The summed E-state index contributed by atoms with van der Waals surface area (Å²) in [5, 5.41) is 10.5. The normalized spacial score (nSPS) is 10.4. The third-order valence-electron chi connectivity index (χ3n) is 2.73. The maximum atomic E-state index is 11.7. The SMILES string of the molecule is CCc1nnc(CNC(=O)CCc2ccccc2)o1. The molecular weight excluding hydrogens is 242 g/mol. The largest absolute Gasteiger partial charge is 0.423 e. The fraction of sp³-hybridized carbons (Fsp3) is 0.357. The Hall–Kier alpha value is -2.17. The van der Waals surface area contributed by atoms with Crippen molar-refractivity contribution in [2.75, 3.05) is 0 Å². The molecule has 0 saturated heterocycles. The summed E-state index contributed by atoms with van der Waals surface area (Å²) in [4.78, 5) is 11.7. The van der Waals surface area contributed by atoms with Crippen molar-refractivity contribution in [2.45, 2.75) is 32.7 Å². The predicted molar refractivity (Wildman–Crippen MR) is 70.3 cm³/mol. The number of aryl methyl sites for hydroxylation is 2. The number of hydrogen-bond donors (Lipinski definition) is 1. The van der Waals surface area contributed by atoms with Gasteiger partial charge in [-0.05, 0) is 12.0 Å². The first kappa shape index (κ1) is 13.3. The molecule has 0 fully saturated rings. The first-order chi connectivity index (χ1) is 9.28. The molecule has 0 spiro atoms. The van der Waals surface area contributed by atoms with Gasteiger partial charge in [-0.3, -0.25) is 4.79 Å². The number of hydrogen-bond acceptors (Lipinski definition) is 4. The van der Waals surface area contributed by atoms with Crippen molar-refractivity contribution in [3.8, 4) is 0 Å². The first-order valence-corrected chi connectivity index (χ1v) is 6.40. The molecule has 0 bridgehead atoms. The maximum absolute atomic E-state index is 11.7. The number of nitrogens with zero attached hydrogens (tertiary/aromatic N) is 2. The van der Waals surface area contributed by atoms with E-state index in [-0.39, 0.29) is 5.91 Å². The van der Waals surface area contributed by atoms with Gasteiger partial charge in [-0.2, -0.15) is 0 Å². The van der Waals surface area contributed by atoms with Crippen LogP contribution in [0.5, 0.6) is 0 Å². The average Bonchev–Trinajstić information content (AvgIpc) is 2.92. The van der Waals surface area contributed by atoms with Crippen molar-refractivity contribution in [3.63, 3.8) is 0 Å². The summed E-state index contributed by atoms with van der Waals surface area (Å²) >= 11 is 0. The van der Waals surface area contributed by atoms with Crippen LogP contribution in [0.25, 0.3) is 0 Å². The summed E-state index contributed by atoms with van der Waals surface area (Å²) in [7, 11) is 0. The van der Waals surface area contributed by atoms with Crippen LogP contribution in [0.1, 0.15) is 30.7 Å². The van der Waals surface area contributed by atoms with Gasteiger partial charge in [0.15, 0.2) is 0 Å². The van der Waals surface area contributed by atoms with Crippen molar-refractivity contribution < 1.29 is 9.21 Å². The number of benzene rings is 1. The molecular formula is C14H17N3O2. The number of carbonyl (C=O) groups is 1. The standard InChI is InChI=1S/C14H17N3O2/c1-2-13-16-17-14(19-13)10-15-12(18)9-8-11-6-4-3-5-7-11/h3-7H,2,8-10H2,1H3,(H,15,18). The molecule has 0 aliphatic heterocycles. The quantitative estimate of drug-likeness (QED) is 0.860. The van der Waals surface area contributed by atoms with E-state index in [1.165, 1.54) is 0 Å². The van der Waals surface area contributed by atoms with Crippen molar-refractivity contribution in [2.24, 2.45) is 0 Å². The number of aromatic nitrogens is 2. The topological polar surface area (TPSA) is 68.0 Å². The average molecular weight is 259 g/mol. The Balaban J connectivity index is 1.73. The molecule has 2 aromatic rings. The molecule has 100 valence electrons. The summed E-state index contributed by atoms with van der Waals surface area (Å²) in [6.07, 6.45) is 1.89. The lowest BCUT2D eigenvalue weighted by Gasteiger charge is -2.02. The molecule has 5 heteroatoms. The van der Waals surface area contributed by atoms with E-state index in [4.69, 9.17) is 4.42 Å². The van der Waals surface area contributed by atoms with E-state index in [1.54, 1.807) is 0 Å². The molecule has 1 N–H and O–H groups in total. The predicted octanol–water partition coefficient (Wildman–Crippen LogP) is 1.88. The van der Waals surface area contributed by atoms with Crippen LogP contribution >= 0.6 is 0 Å². The Morgan fingerprint density at radius 3 is 2.63 bits per heavy atom. The minimum atomic E-state index is -0.0138. The molecule has 0 saturated carbocycles. The van der Waals surface area contributed by atoms with Crippen LogP contribution < -0.4 is 5.32 Å². The van der Waals surface area contributed by atoms with Crippen LogP contribution in [-0.2, 0) is 24.2 Å². The van der Waals surface area contributed by atoms with Gasteiger partial charge in [-0.15, -0.1) is 10.2 Å². The molecule has 0 aliphatic rings. The Morgan fingerprint density at radius 1 is 1.21 bits per heavy atom. The Morgan fingerprint density at radius 2 is 1.95 bits per heavy atom. The molecule has 0 radical (unpaired) electrons. The van der Waals surface area contributed by atoms with Gasteiger partial charge >= 0.3 is 0 Å². The van der Waals surface area contributed by atoms with Gasteiger partial charge in [-0.25, -0.2) is 0 Å². The minimum Gasteiger partial charge on any atom is -0.423 e. The molecule has 2 rings (SSSR count). The van der Waals surface area contributed by atoms with Gasteiger partial charge in [0.05, 0.1) is 6.54 Å². The Kier molecular flexibility index (Phi) is 4.66. The van der Waals surface area contributed by atoms with Crippen LogP contribution in [-0.4, -0.2) is 16.1 Å². The van der Waals surface area contributed by atoms with Gasteiger partial charge in [0.2, 0.25) is 17.7 Å². The van der Waals surface area contributed by atoms with E-state index in [9.17, 15) is 4.79 Å². The van der Waals surface area contributed by atoms with Crippen molar-refractivity contribution in [1.82, 2.24) is 15.5 Å². The zero-order valence-electron chi connectivity index (χ0n) is 10.9. The van der Waals surface area contributed by atoms with Crippen LogP contribution in [0.3, 0.4) is 0 Å². The Bertz CT molecular complexity index is 522. The van der Waals surface area contributed by atoms with E-state index in [1.807, 2.05) is 37.3 Å². The van der Waals surface area contributed by atoms with E-state index >= 15 is 0 Å². The summed E-state index contributed by atoms with van der Waals surface area (Å²) in [6, 6.07) is 9.93. The molecule has 1 aromatic carbocycles.